The van der Waals surface area contributed by atoms with Crippen molar-refractivity contribution in [3.63, 3.8) is 0 Å². The topological polar surface area (TPSA) is 3.24 Å². The lowest BCUT2D eigenvalue weighted by atomic mass is 10.1. The molecule has 0 bridgehead atoms. The van der Waals surface area contributed by atoms with Crippen LogP contribution in [0.25, 0.3) is 0 Å². The summed E-state index contributed by atoms with van der Waals surface area (Å²) in [6.45, 7) is 1.62. The Balaban J connectivity index is 2.05. The van der Waals surface area contributed by atoms with E-state index >= 15 is 0 Å². The Morgan fingerprint density at radius 3 is 2.29 bits per heavy atom. The predicted molar refractivity (Wildman–Crippen MR) is 57.8 cm³/mol. The van der Waals surface area contributed by atoms with E-state index in [1.165, 1.54) is 0 Å². The van der Waals surface area contributed by atoms with Crippen molar-refractivity contribution in [2.75, 3.05) is 18.0 Å². The number of rotatable bonds is 1. The molecule has 1 nitrogen and oxygen atoms in total. The molecule has 1 aliphatic heterocycles. The van der Waals surface area contributed by atoms with Crippen molar-refractivity contribution in [2.24, 2.45) is 0 Å². The minimum atomic E-state index is -0.612. The van der Waals surface area contributed by atoms with Gasteiger partial charge in [-0.15, -0.1) is 0 Å². The number of hydrogen-bond donors (Lipinski definition) is 0. The Hall–Kier alpha value is -0.760. The molecule has 0 saturated carbocycles. The Morgan fingerprint density at radius 1 is 1.14 bits per heavy atom. The van der Waals surface area contributed by atoms with Gasteiger partial charge in [-0.3, -0.25) is 0 Å². The zero-order chi connectivity index (χ0) is 9.97. The van der Waals surface area contributed by atoms with E-state index in [2.05, 4.69) is 4.90 Å². The van der Waals surface area contributed by atoms with Gasteiger partial charge in [0.05, 0.1) is 0 Å². The second kappa shape index (κ2) is 4.18. The molecule has 3 heteroatoms. The summed E-state index contributed by atoms with van der Waals surface area (Å²) < 4.78 is 12.9. The predicted octanol–water partition coefficient (Wildman–Crippen LogP) is 3.28. The van der Waals surface area contributed by atoms with Gasteiger partial charge < -0.3 is 4.90 Å². The standard InChI is InChI=1S/C11H13ClFN/c12-9-1-3-11(4-2-9)14-7-5-10(13)6-8-14/h1-4,10H,5-8H2. The molecule has 1 aromatic carbocycles. The van der Waals surface area contributed by atoms with E-state index in [1.54, 1.807) is 0 Å². The van der Waals surface area contributed by atoms with Crippen molar-refractivity contribution in [2.45, 2.75) is 19.0 Å². The molecule has 1 aromatic rings. The van der Waals surface area contributed by atoms with Crippen LogP contribution in [0.2, 0.25) is 5.02 Å². The van der Waals surface area contributed by atoms with Crippen LogP contribution in [-0.4, -0.2) is 19.3 Å². The maximum absolute atomic E-state index is 12.9. The lowest BCUT2D eigenvalue weighted by Crippen LogP contribution is -2.34. The van der Waals surface area contributed by atoms with Gasteiger partial charge in [0.25, 0.3) is 0 Å². The van der Waals surface area contributed by atoms with E-state index in [0.717, 1.165) is 23.8 Å². The number of nitrogens with zero attached hydrogens (tertiary/aromatic N) is 1. The van der Waals surface area contributed by atoms with Crippen LogP contribution in [-0.2, 0) is 0 Å². The largest absolute Gasteiger partial charge is 0.371 e. The first-order valence-electron chi connectivity index (χ1n) is 4.90. The van der Waals surface area contributed by atoms with Crippen LogP contribution < -0.4 is 4.90 Å². The molecule has 0 amide bonds. The number of hydrogen-bond acceptors (Lipinski definition) is 1. The molecule has 1 saturated heterocycles. The molecular weight excluding hydrogens is 201 g/mol. The van der Waals surface area contributed by atoms with Gasteiger partial charge in [-0.1, -0.05) is 11.6 Å². The first-order chi connectivity index (χ1) is 6.75. The minimum absolute atomic E-state index is 0.612. The zero-order valence-corrected chi connectivity index (χ0v) is 8.67. The Morgan fingerprint density at radius 2 is 1.71 bits per heavy atom. The first kappa shape index (κ1) is 9.78. The van der Waals surface area contributed by atoms with Gasteiger partial charge in [0.2, 0.25) is 0 Å². The molecule has 0 aliphatic carbocycles. The fraction of sp³-hybridized carbons (Fsp3) is 0.455. The highest BCUT2D eigenvalue weighted by Crippen LogP contribution is 2.22. The van der Waals surface area contributed by atoms with Crippen molar-refractivity contribution < 1.29 is 4.39 Å². The van der Waals surface area contributed by atoms with E-state index in [9.17, 15) is 4.39 Å². The monoisotopic (exact) mass is 213 g/mol. The Labute approximate surface area is 88.5 Å². The fourth-order valence-electron chi connectivity index (χ4n) is 1.76. The van der Waals surface area contributed by atoms with Crippen LogP contribution in [0.3, 0.4) is 0 Å². The summed E-state index contributed by atoms with van der Waals surface area (Å²) in [5, 5.41) is 0.745. The molecule has 0 N–H and O–H groups in total. The highest BCUT2D eigenvalue weighted by Gasteiger charge is 2.18. The fourth-order valence-corrected chi connectivity index (χ4v) is 1.88. The summed E-state index contributed by atoms with van der Waals surface area (Å²) in [6.07, 6.45) is 0.671. The summed E-state index contributed by atoms with van der Waals surface area (Å²) >= 11 is 5.80. The van der Waals surface area contributed by atoms with E-state index in [1.807, 2.05) is 24.3 Å². The van der Waals surface area contributed by atoms with Crippen LogP contribution in [0.5, 0.6) is 0 Å². The summed E-state index contributed by atoms with van der Waals surface area (Å²) in [7, 11) is 0. The van der Waals surface area contributed by atoms with E-state index in [4.69, 9.17) is 11.6 Å². The average Bonchev–Trinajstić information content (AvgIpc) is 2.21. The molecule has 0 unspecified atom stereocenters. The van der Waals surface area contributed by atoms with E-state index in [-0.39, 0.29) is 0 Å². The lowest BCUT2D eigenvalue weighted by molar-refractivity contribution is 0.277. The summed E-state index contributed by atoms with van der Waals surface area (Å²) in [5.41, 5.74) is 1.14. The maximum atomic E-state index is 12.9. The van der Waals surface area contributed by atoms with Gasteiger partial charge in [0.15, 0.2) is 0 Å². The molecule has 14 heavy (non-hydrogen) atoms. The molecule has 1 fully saturated rings. The molecule has 0 aromatic heterocycles. The second-order valence-corrected chi connectivity index (χ2v) is 4.07. The highest BCUT2D eigenvalue weighted by molar-refractivity contribution is 6.30. The van der Waals surface area contributed by atoms with Gasteiger partial charge in [-0.05, 0) is 37.1 Å². The number of halogens is 2. The highest BCUT2D eigenvalue weighted by atomic mass is 35.5. The van der Waals surface area contributed by atoms with Crippen molar-refractivity contribution in [3.8, 4) is 0 Å². The van der Waals surface area contributed by atoms with Crippen molar-refractivity contribution >= 4 is 17.3 Å². The average molecular weight is 214 g/mol. The van der Waals surface area contributed by atoms with Crippen LogP contribution in [0.15, 0.2) is 24.3 Å². The van der Waals surface area contributed by atoms with Crippen molar-refractivity contribution in [1.29, 1.82) is 0 Å². The first-order valence-corrected chi connectivity index (χ1v) is 5.28. The molecule has 0 atom stereocenters. The van der Waals surface area contributed by atoms with E-state index < -0.39 is 6.17 Å². The van der Waals surface area contributed by atoms with E-state index in [0.29, 0.717) is 12.8 Å². The van der Waals surface area contributed by atoms with Gasteiger partial charge >= 0.3 is 0 Å². The Kier molecular flexibility index (Phi) is 2.92. The van der Waals surface area contributed by atoms with Crippen molar-refractivity contribution in [1.82, 2.24) is 0 Å². The van der Waals surface area contributed by atoms with Crippen LogP contribution in [0.4, 0.5) is 10.1 Å². The third-order valence-electron chi connectivity index (χ3n) is 2.62. The number of piperidine rings is 1. The third kappa shape index (κ3) is 2.18. The van der Waals surface area contributed by atoms with Crippen molar-refractivity contribution in [3.05, 3.63) is 29.3 Å². The summed E-state index contributed by atoms with van der Waals surface area (Å²) in [4.78, 5) is 2.20. The smallest absolute Gasteiger partial charge is 0.103 e. The number of benzene rings is 1. The van der Waals surface area contributed by atoms with Gasteiger partial charge in [0.1, 0.15) is 6.17 Å². The molecule has 0 spiro atoms. The normalized spacial score (nSPS) is 18.6. The SMILES string of the molecule is FC1CCN(c2ccc(Cl)cc2)CC1. The summed E-state index contributed by atoms with van der Waals surface area (Å²) in [6, 6.07) is 7.72. The lowest BCUT2D eigenvalue weighted by Gasteiger charge is -2.30. The molecule has 1 aliphatic rings. The number of anilines is 1. The van der Waals surface area contributed by atoms with Gasteiger partial charge in [0, 0.05) is 23.8 Å². The quantitative estimate of drug-likeness (QED) is 0.692. The third-order valence-corrected chi connectivity index (χ3v) is 2.87. The van der Waals surface area contributed by atoms with Gasteiger partial charge in [-0.25, -0.2) is 4.39 Å². The van der Waals surface area contributed by atoms with Gasteiger partial charge in [-0.2, -0.15) is 0 Å². The van der Waals surface area contributed by atoms with Crippen LogP contribution in [0.1, 0.15) is 12.8 Å². The molecule has 1 heterocycles. The zero-order valence-electron chi connectivity index (χ0n) is 7.92. The molecule has 76 valence electrons. The maximum Gasteiger partial charge on any atom is 0.103 e. The summed E-state index contributed by atoms with van der Waals surface area (Å²) in [5.74, 6) is 0. The molecular formula is C11H13ClFN. The Bertz CT molecular complexity index is 291. The minimum Gasteiger partial charge on any atom is -0.371 e. The van der Waals surface area contributed by atoms with Crippen LogP contribution >= 0.6 is 11.6 Å². The molecule has 2 rings (SSSR count). The molecule has 0 radical (unpaired) electrons. The number of alkyl halides is 1. The van der Waals surface area contributed by atoms with Crippen LogP contribution in [0, 0.1) is 0 Å². The second-order valence-electron chi connectivity index (χ2n) is 3.64.